The van der Waals surface area contributed by atoms with Crippen LogP contribution in [0.4, 0.5) is 0 Å². The molecule has 0 saturated carbocycles. The fourth-order valence-corrected chi connectivity index (χ4v) is 10.0. The summed E-state index contributed by atoms with van der Waals surface area (Å²) in [6.45, 7) is 8.13. The Balaban J connectivity index is 1.52. The van der Waals surface area contributed by atoms with E-state index in [1.165, 1.54) is 22.7 Å². The van der Waals surface area contributed by atoms with Crippen LogP contribution in [-0.2, 0) is 0 Å². The number of aliphatic hydroxyl groups excluding tert-OH is 4. The van der Waals surface area contributed by atoms with E-state index in [9.17, 15) is 20.4 Å². The van der Waals surface area contributed by atoms with Crippen molar-refractivity contribution in [3.05, 3.63) is 166 Å². The topological polar surface area (TPSA) is 107 Å². The van der Waals surface area contributed by atoms with Crippen LogP contribution in [0.2, 0.25) is 0 Å². The van der Waals surface area contributed by atoms with Crippen LogP contribution < -0.4 is 0 Å². The van der Waals surface area contributed by atoms with Crippen molar-refractivity contribution in [2.45, 2.75) is 52.1 Å². The zero-order valence-corrected chi connectivity index (χ0v) is 33.0. The van der Waals surface area contributed by atoms with Crippen LogP contribution in [0.3, 0.4) is 0 Å². The van der Waals surface area contributed by atoms with Gasteiger partial charge < -0.3 is 20.4 Å². The molecule has 7 aromatic rings. The summed E-state index contributed by atoms with van der Waals surface area (Å²) in [4.78, 5) is 10.4. The second-order valence-electron chi connectivity index (χ2n) is 14.8. The quantitative estimate of drug-likeness (QED) is 0.142. The molecule has 3 aromatic heterocycles. The lowest BCUT2D eigenvalue weighted by molar-refractivity contribution is 0.0260. The molecule has 9 rings (SSSR count). The molecule has 5 heterocycles. The van der Waals surface area contributed by atoms with Gasteiger partial charge in [0, 0.05) is 41.1 Å². The van der Waals surface area contributed by atoms with Gasteiger partial charge in [-0.3, -0.25) is 9.97 Å². The van der Waals surface area contributed by atoms with Gasteiger partial charge in [0.1, 0.15) is 24.4 Å². The fraction of sp³-hybridized carbons (Fsp3) is 0.167. The molecule has 2 aliphatic rings. The maximum Gasteiger partial charge on any atom is 0.128 e. The molecule has 8 bridgehead atoms. The summed E-state index contributed by atoms with van der Waals surface area (Å²) in [5.74, 6) is 0. The second-order valence-corrected chi connectivity index (χ2v) is 17.0. The first-order valence-corrected chi connectivity index (χ1v) is 20.3. The van der Waals surface area contributed by atoms with Crippen molar-refractivity contribution in [3.63, 3.8) is 0 Å². The van der Waals surface area contributed by atoms with Gasteiger partial charge in [-0.05, 0) is 74.2 Å². The minimum atomic E-state index is -1.30. The minimum Gasteiger partial charge on any atom is -0.384 e. The summed E-state index contributed by atoms with van der Waals surface area (Å²) in [5, 5.41) is 48.1. The van der Waals surface area contributed by atoms with Gasteiger partial charge in [0.2, 0.25) is 0 Å². The highest BCUT2D eigenvalue weighted by molar-refractivity contribution is 7.24. The first-order valence-electron chi connectivity index (χ1n) is 18.7. The number of benzene rings is 4. The van der Waals surface area contributed by atoms with Crippen molar-refractivity contribution >= 4 is 41.5 Å². The molecule has 6 nitrogen and oxygen atoms in total. The Kier molecular flexibility index (Phi) is 9.29. The largest absolute Gasteiger partial charge is 0.384 e. The van der Waals surface area contributed by atoms with Crippen LogP contribution >= 0.6 is 22.7 Å². The lowest BCUT2D eigenvalue weighted by Crippen LogP contribution is -2.05. The molecule has 8 heteroatoms. The van der Waals surface area contributed by atoms with Gasteiger partial charge in [0.15, 0.2) is 0 Å². The number of hydrogen-bond acceptors (Lipinski definition) is 8. The number of nitrogens with zero attached hydrogens (tertiary/aromatic N) is 2. The molecule has 0 aliphatic carbocycles. The highest BCUT2D eigenvalue weighted by Crippen LogP contribution is 2.49. The Bertz CT molecular complexity index is 2410. The first-order chi connectivity index (χ1) is 27.0. The molecule has 0 saturated heterocycles. The number of hydrogen-bond donors (Lipinski definition) is 4. The first kappa shape index (κ1) is 36.3. The van der Waals surface area contributed by atoms with Gasteiger partial charge in [-0.2, -0.15) is 0 Å². The van der Waals surface area contributed by atoms with Crippen LogP contribution in [0.15, 0.2) is 121 Å². The number of aryl methyl sites for hydroxylation is 4. The van der Waals surface area contributed by atoms with Crippen molar-refractivity contribution in [1.29, 1.82) is 0 Å². The van der Waals surface area contributed by atoms with Gasteiger partial charge >= 0.3 is 0 Å². The Morgan fingerprint density at radius 2 is 0.518 bits per heavy atom. The van der Waals surface area contributed by atoms with Gasteiger partial charge in [0.05, 0.1) is 22.8 Å². The molecule has 4 aromatic carbocycles. The maximum absolute atomic E-state index is 12.0. The summed E-state index contributed by atoms with van der Waals surface area (Å²) >= 11 is 2.99. The van der Waals surface area contributed by atoms with Crippen molar-refractivity contribution in [2.24, 2.45) is 0 Å². The molecule has 0 amide bonds. The van der Waals surface area contributed by atoms with E-state index in [1.54, 1.807) is 0 Å². The molecule has 0 fully saturated rings. The smallest absolute Gasteiger partial charge is 0.128 e. The Morgan fingerprint density at radius 3 is 0.714 bits per heavy atom. The molecule has 56 heavy (non-hydrogen) atoms. The Labute approximate surface area is 333 Å². The van der Waals surface area contributed by atoms with Crippen molar-refractivity contribution in [1.82, 2.24) is 9.97 Å². The van der Waals surface area contributed by atoms with Crippen LogP contribution in [0, 0.1) is 27.7 Å². The molecule has 2 aliphatic heterocycles. The molecule has 0 radical (unpaired) electrons. The third-order valence-electron chi connectivity index (χ3n) is 10.8. The van der Waals surface area contributed by atoms with Crippen LogP contribution in [0.5, 0.6) is 0 Å². The SMILES string of the molecule is Cc1ccc(-c2c3nc(c(-c4ccc(C)cc4)c4ccc(s4)c(-c4ccc(C)cc4)c4nc(c(-c5ccc(C)cc5)c5ccc2s5)[C@@H](O)[C@H]4O)C(O)C3O)cc1. The summed E-state index contributed by atoms with van der Waals surface area (Å²) in [5.41, 5.74) is 12.2. The number of rotatable bonds is 4. The highest BCUT2D eigenvalue weighted by atomic mass is 32.1. The Hall–Kier alpha value is -5.32. The molecule has 4 N–H and O–H groups in total. The number of fused-ring (bicyclic) bond motifs is 8. The molecule has 0 spiro atoms. The normalized spacial score (nSPS) is 18.0. The third kappa shape index (κ3) is 6.29. The van der Waals surface area contributed by atoms with Crippen molar-refractivity contribution in [2.75, 3.05) is 0 Å². The van der Waals surface area contributed by atoms with Crippen molar-refractivity contribution in [3.8, 4) is 44.5 Å². The lowest BCUT2D eigenvalue weighted by atomic mass is 9.97. The van der Waals surface area contributed by atoms with Crippen LogP contribution in [0.1, 0.15) is 69.4 Å². The zero-order chi connectivity index (χ0) is 38.8. The van der Waals surface area contributed by atoms with E-state index >= 15 is 0 Å². The molecule has 2 unspecified atom stereocenters. The number of thiophene rings is 2. The lowest BCUT2D eigenvalue weighted by Gasteiger charge is -2.14. The summed E-state index contributed by atoms with van der Waals surface area (Å²) < 4.78 is 3.30. The number of aromatic nitrogens is 2. The molecular formula is C48H40N2O4S2. The fourth-order valence-electron chi connectivity index (χ4n) is 7.70. The highest BCUT2D eigenvalue weighted by Gasteiger charge is 2.36. The Morgan fingerprint density at radius 1 is 0.321 bits per heavy atom. The summed E-state index contributed by atoms with van der Waals surface area (Å²) in [6.07, 6.45) is -5.20. The standard InChI is InChI=1S/C48H40N2O4S2/c1-25-5-13-29(14-6-25)37-33-21-22-34(55-33)38(30-15-7-26(2)8-16-30)43-47(53)48(54)44(50-43)40(32-19-11-28(4)12-20-32)36-24-23-35(56-36)39(31-17-9-27(3)10-18-31)42-46(52)45(51)41(37)49-42/h5-24,45-48,51-54H,1-4H3/t45-,46+,47?,48?. The zero-order valence-electron chi connectivity index (χ0n) is 31.4. The maximum atomic E-state index is 12.0. The van der Waals surface area contributed by atoms with E-state index < -0.39 is 24.4 Å². The average molecular weight is 773 g/mol. The van der Waals surface area contributed by atoms with Crippen LogP contribution in [-0.4, -0.2) is 30.4 Å². The summed E-state index contributed by atoms with van der Waals surface area (Å²) in [7, 11) is 0. The van der Waals surface area contributed by atoms with Crippen LogP contribution in [0.25, 0.3) is 63.3 Å². The van der Waals surface area contributed by atoms with Gasteiger partial charge in [-0.15, -0.1) is 22.7 Å². The van der Waals surface area contributed by atoms with Gasteiger partial charge in [0.25, 0.3) is 0 Å². The van der Waals surface area contributed by atoms with Crippen molar-refractivity contribution < 1.29 is 20.4 Å². The van der Waals surface area contributed by atoms with Gasteiger partial charge in [-0.1, -0.05) is 119 Å². The summed E-state index contributed by atoms with van der Waals surface area (Å²) in [6, 6.07) is 40.4. The molecular weight excluding hydrogens is 733 g/mol. The second kappa shape index (κ2) is 14.3. The molecule has 4 atom stereocenters. The average Bonchev–Trinajstić information content (AvgIpc) is 3.99. The number of aliphatic hydroxyl groups is 4. The minimum absolute atomic E-state index is 0.381. The van der Waals surface area contributed by atoms with Gasteiger partial charge in [-0.25, -0.2) is 0 Å². The molecule has 278 valence electrons. The van der Waals surface area contributed by atoms with E-state index in [0.29, 0.717) is 45.0 Å². The van der Waals surface area contributed by atoms with E-state index in [1.807, 2.05) is 149 Å². The predicted octanol–water partition coefficient (Wildman–Crippen LogP) is 11.2. The van der Waals surface area contributed by atoms with E-state index in [4.69, 9.17) is 9.97 Å². The van der Waals surface area contributed by atoms with E-state index in [2.05, 4.69) is 0 Å². The van der Waals surface area contributed by atoms with E-state index in [0.717, 1.165) is 63.3 Å². The monoisotopic (exact) mass is 772 g/mol. The van der Waals surface area contributed by atoms with E-state index in [-0.39, 0.29) is 0 Å². The predicted molar refractivity (Wildman–Crippen MR) is 229 cm³/mol. The third-order valence-corrected chi connectivity index (χ3v) is 13.0.